The molecule has 2 rings (SSSR count). The molecule has 0 bridgehead atoms. The van der Waals surface area contributed by atoms with Gasteiger partial charge in [-0.3, -0.25) is 4.79 Å². The van der Waals surface area contributed by atoms with Gasteiger partial charge in [-0.25, -0.2) is 4.39 Å². The molecule has 100 valence electrons. The Labute approximate surface area is 113 Å². The normalized spacial score (nSPS) is 18.6. The topological polar surface area (TPSA) is 46.3 Å². The fourth-order valence-electron chi connectivity index (χ4n) is 2.33. The van der Waals surface area contributed by atoms with Gasteiger partial charge in [0.1, 0.15) is 5.82 Å². The standard InChI is InChI=1S/C13H17FN2O.ClH/c14-11-4-1-3-10(7-11)8-13(17)16-6-2-5-12(16)9-15;/h1,3-4,7,12H,2,5-6,8-9,15H2;1H. The summed E-state index contributed by atoms with van der Waals surface area (Å²) < 4.78 is 13.0. The van der Waals surface area contributed by atoms with Gasteiger partial charge in [-0.05, 0) is 30.5 Å². The first-order valence-corrected chi connectivity index (χ1v) is 5.94. The molecular formula is C13H18ClFN2O. The van der Waals surface area contributed by atoms with Crippen LogP contribution in [0.5, 0.6) is 0 Å². The highest BCUT2D eigenvalue weighted by Gasteiger charge is 2.27. The summed E-state index contributed by atoms with van der Waals surface area (Å²) >= 11 is 0. The fourth-order valence-corrected chi connectivity index (χ4v) is 2.33. The molecule has 1 atom stereocenters. The van der Waals surface area contributed by atoms with Gasteiger partial charge in [-0.1, -0.05) is 12.1 Å². The number of carbonyl (C=O) groups is 1. The molecular weight excluding hydrogens is 255 g/mol. The quantitative estimate of drug-likeness (QED) is 0.911. The van der Waals surface area contributed by atoms with Gasteiger partial charge in [0.25, 0.3) is 0 Å². The van der Waals surface area contributed by atoms with Gasteiger partial charge in [0.15, 0.2) is 0 Å². The first-order chi connectivity index (χ1) is 8.20. The molecule has 18 heavy (non-hydrogen) atoms. The number of rotatable bonds is 3. The Morgan fingerprint density at radius 1 is 1.50 bits per heavy atom. The predicted octanol–water partition coefficient (Wildman–Crippen LogP) is 1.74. The molecule has 3 nitrogen and oxygen atoms in total. The molecule has 0 saturated carbocycles. The van der Waals surface area contributed by atoms with E-state index in [4.69, 9.17) is 5.73 Å². The summed E-state index contributed by atoms with van der Waals surface area (Å²) in [5.74, 6) is -0.254. The molecule has 1 saturated heterocycles. The summed E-state index contributed by atoms with van der Waals surface area (Å²) in [4.78, 5) is 13.9. The lowest BCUT2D eigenvalue weighted by Gasteiger charge is -2.23. The number of nitrogens with two attached hydrogens (primary N) is 1. The third-order valence-electron chi connectivity index (χ3n) is 3.21. The summed E-state index contributed by atoms with van der Waals surface area (Å²) in [5, 5.41) is 0. The second-order valence-electron chi connectivity index (χ2n) is 4.43. The summed E-state index contributed by atoms with van der Waals surface area (Å²) in [7, 11) is 0. The first kappa shape index (κ1) is 14.9. The Morgan fingerprint density at radius 3 is 2.94 bits per heavy atom. The van der Waals surface area contributed by atoms with Crippen LogP contribution in [0.25, 0.3) is 0 Å². The van der Waals surface area contributed by atoms with E-state index in [0.717, 1.165) is 24.9 Å². The van der Waals surface area contributed by atoms with Crippen molar-refractivity contribution in [1.29, 1.82) is 0 Å². The molecule has 1 aromatic rings. The molecule has 0 aliphatic carbocycles. The molecule has 1 aromatic carbocycles. The minimum Gasteiger partial charge on any atom is -0.338 e. The van der Waals surface area contributed by atoms with E-state index in [1.165, 1.54) is 12.1 Å². The largest absolute Gasteiger partial charge is 0.338 e. The Bertz CT molecular complexity index is 414. The van der Waals surface area contributed by atoms with Gasteiger partial charge in [0.2, 0.25) is 5.91 Å². The van der Waals surface area contributed by atoms with E-state index in [1.807, 2.05) is 4.90 Å². The molecule has 5 heteroatoms. The van der Waals surface area contributed by atoms with Crippen molar-refractivity contribution in [3.8, 4) is 0 Å². The first-order valence-electron chi connectivity index (χ1n) is 5.94. The van der Waals surface area contributed by atoms with E-state index in [1.54, 1.807) is 12.1 Å². The summed E-state index contributed by atoms with van der Waals surface area (Å²) in [6.07, 6.45) is 2.25. The van der Waals surface area contributed by atoms with Crippen LogP contribution >= 0.6 is 12.4 Å². The lowest BCUT2D eigenvalue weighted by Crippen LogP contribution is -2.40. The van der Waals surface area contributed by atoms with Crippen LogP contribution in [0.1, 0.15) is 18.4 Å². The average Bonchev–Trinajstić information content (AvgIpc) is 2.77. The zero-order chi connectivity index (χ0) is 12.3. The van der Waals surface area contributed by atoms with Crippen LogP contribution in [0.15, 0.2) is 24.3 Å². The van der Waals surface area contributed by atoms with Gasteiger partial charge >= 0.3 is 0 Å². The Morgan fingerprint density at radius 2 is 2.28 bits per heavy atom. The molecule has 0 spiro atoms. The second kappa shape index (κ2) is 6.71. The van der Waals surface area contributed by atoms with Crippen molar-refractivity contribution in [2.75, 3.05) is 13.1 Å². The van der Waals surface area contributed by atoms with Crippen molar-refractivity contribution in [3.05, 3.63) is 35.6 Å². The predicted molar refractivity (Wildman–Crippen MR) is 71.1 cm³/mol. The molecule has 1 unspecified atom stereocenters. The van der Waals surface area contributed by atoms with E-state index < -0.39 is 0 Å². The average molecular weight is 273 g/mol. The maximum Gasteiger partial charge on any atom is 0.227 e. The summed E-state index contributed by atoms with van der Waals surface area (Å²) in [5.41, 5.74) is 6.35. The lowest BCUT2D eigenvalue weighted by atomic mass is 10.1. The van der Waals surface area contributed by atoms with Gasteiger partial charge in [0.05, 0.1) is 6.42 Å². The minimum absolute atomic E-state index is 0. The van der Waals surface area contributed by atoms with Crippen LogP contribution in [-0.2, 0) is 11.2 Å². The Balaban J connectivity index is 0.00000162. The molecule has 1 aliphatic rings. The maximum atomic E-state index is 13.0. The molecule has 0 aromatic heterocycles. The molecule has 1 aliphatic heterocycles. The molecule has 2 N–H and O–H groups in total. The highest BCUT2D eigenvalue weighted by Crippen LogP contribution is 2.17. The summed E-state index contributed by atoms with van der Waals surface area (Å²) in [6.45, 7) is 1.28. The fraction of sp³-hybridized carbons (Fsp3) is 0.462. The van der Waals surface area contributed by atoms with Crippen molar-refractivity contribution in [1.82, 2.24) is 4.90 Å². The van der Waals surface area contributed by atoms with E-state index in [9.17, 15) is 9.18 Å². The highest BCUT2D eigenvalue weighted by molar-refractivity contribution is 5.85. The lowest BCUT2D eigenvalue weighted by molar-refractivity contribution is -0.131. The number of carbonyl (C=O) groups excluding carboxylic acids is 1. The Kier molecular flexibility index (Phi) is 5.56. The van der Waals surface area contributed by atoms with E-state index >= 15 is 0 Å². The number of halogens is 2. The van der Waals surface area contributed by atoms with Crippen LogP contribution < -0.4 is 5.73 Å². The van der Waals surface area contributed by atoms with Crippen molar-refractivity contribution in [2.24, 2.45) is 5.73 Å². The van der Waals surface area contributed by atoms with Crippen LogP contribution in [0, 0.1) is 5.82 Å². The zero-order valence-electron chi connectivity index (χ0n) is 10.1. The van der Waals surface area contributed by atoms with E-state index in [2.05, 4.69) is 0 Å². The van der Waals surface area contributed by atoms with Crippen LogP contribution in [0.3, 0.4) is 0 Å². The number of hydrogen-bond donors (Lipinski definition) is 1. The molecule has 0 radical (unpaired) electrons. The van der Waals surface area contributed by atoms with Crippen molar-refractivity contribution in [2.45, 2.75) is 25.3 Å². The van der Waals surface area contributed by atoms with Gasteiger partial charge in [0, 0.05) is 19.1 Å². The van der Waals surface area contributed by atoms with Crippen molar-refractivity contribution < 1.29 is 9.18 Å². The SMILES string of the molecule is Cl.NCC1CCCN1C(=O)Cc1cccc(F)c1. The summed E-state index contributed by atoms with van der Waals surface area (Å²) in [6, 6.07) is 6.35. The van der Waals surface area contributed by atoms with Crippen molar-refractivity contribution >= 4 is 18.3 Å². The van der Waals surface area contributed by atoms with E-state index in [0.29, 0.717) is 6.54 Å². The highest BCUT2D eigenvalue weighted by atomic mass is 35.5. The zero-order valence-corrected chi connectivity index (χ0v) is 11.0. The van der Waals surface area contributed by atoms with Crippen LogP contribution in [-0.4, -0.2) is 29.9 Å². The smallest absolute Gasteiger partial charge is 0.227 e. The minimum atomic E-state index is -0.299. The number of likely N-dealkylation sites (tertiary alicyclic amines) is 1. The number of benzene rings is 1. The third-order valence-corrected chi connectivity index (χ3v) is 3.21. The van der Waals surface area contributed by atoms with E-state index in [-0.39, 0.29) is 36.6 Å². The third kappa shape index (κ3) is 3.43. The Hall–Kier alpha value is -1.13. The molecule has 1 heterocycles. The number of hydrogen-bond acceptors (Lipinski definition) is 2. The maximum absolute atomic E-state index is 13.0. The number of amides is 1. The van der Waals surface area contributed by atoms with Crippen LogP contribution in [0.2, 0.25) is 0 Å². The second-order valence-corrected chi connectivity index (χ2v) is 4.43. The van der Waals surface area contributed by atoms with Crippen LogP contribution in [0.4, 0.5) is 4.39 Å². The molecule has 1 amide bonds. The number of nitrogens with zero attached hydrogens (tertiary/aromatic N) is 1. The van der Waals surface area contributed by atoms with Gasteiger partial charge < -0.3 is 10.6 Å². The molecule has 1 fully saturated rings. The van der Waals surface area contributed by atoms with Gasteiger partial charge in [-0.15, -0.1) is 12.4 Å². The van der Waals surface area contributed by atoms with Gasteiger partial charge in [-0.2, -0.15) is 0 Å². The van der Waals surface area contributed by atoms with Crippen molar-refractivity contribution in [3.63, 3.8) is 0 Å². The monoisotopic (exact) mass is 272 g/mol.